The van der Waals surface area contributed by atoms with Crippen molar-refractivity contribution in [2.75, 3.05) is 4.72 Å². The number of carbonyl (C=O) groups excluding carboxylic acids is 1. The third-order valence-electron chi connectivity index (χ3n) is 3.95. The Bertz CT molecular complexity index is 995. The number of halogens is 5. The Morgan fingerprint density at radius 1 is 1.08 bits per heavy atom. The van der Waals surface area contributed by atoms with E-state index >= 15 is 0 Å². The van der Waals surface area contributed by atoms with Crippen LogP contribution < -0.4 is 4.72 Å². The van der Waals surface area contributed by atoms with Crippen LogP contribution >= 0.6 is 0 Å². The predicted octanol–water partition coefficient (Wildman–Crippen LogP) is 3.63. The van der Waals surface area contributed by atoms with Crippen LogP contribution in [0, 0.1) is 11.6 Å². The molecule has 0 saturated heterocycles. The summed E-state index contributed by atoms with van der Waals surface area (Å²) in [6, 6.07) is 0.00323. The number of aromatic nitrogens is 1. The summed E-state index contributed by atoms with van der Waals surface area (Å²) in [5.41, 5.74) is -2.48. The number of benzene rings is 1. The van der Waals surface area contributed by atoms with Gasteiger partial charge in [0, 0.05) is 24.2 Å². The lowest BCUT2D eigenvalue weighted by Crippen LogP contribution is -2.18. The minimum absolute atomic E-state index is 0.121. The number of aromatic amines is 1. The van der Waals surface area contributed by atoms with Crippen LogP contribution in [0.4, 0.5) is 27.6 Å². The van der Waals surface area contributed by atoms with Gasteiger partial charge in [0.05, 0.1) is 16.9 Å². The first kappa shape index (κ1) is 18.4. The molecule has 11 heteroatoms. The number of anilines is 1. The lowest BCUT2D eigenvalue weighted by molar-refractivity contribution is -0.140. The molecule has 0 spiro atoms. The van der Waals surface area contributed by atoms with Crippen molar-refractivity contribution in [2.24, 2.45) is 0 Å². The van der Waals surface area contributed by atoms with Crippen LogP contribution in [0.15, 0.2) is 23.2 Å². The van der Waals surface area contributed by atoms with Crippen LogP contribution in [0.3, 0.4) is 0 Å². The Kier molecular flexibility index (Phi) is 4.29. The van der Waals surface area contributed by atoms with E-state index in [0.717, 1.165) is 6.20 Å². The fourth-order valence-corrected chi connectivity index (χ4v) is 4.06. The Balaban J connectivity index is 1.99. The zero-order chi connectivity index (χ0) is 19.3. The van der Waals surface area contributed by atoms with Crippen molar-refractivity contribution in [3.8, 4) is 0 Å². The summed E-state index contributed by atoms with van der Waals surface area (Å²) in [5, 5.41) is 0. The van der Waals surface area contributed by atoms with E-state index in [4.69, 9.17) is 0 Å². The zero-order valence-electron chi connectivity index (χ0n) is 12.9. The Morgan fingerprint density at radius 2 is 1.77 bits per heavy atom. The van der Waals surface area contributed by atoms with Gasteiger partial charge in [0.1, 0.15) is 16.5 Å². The second kappa shape index (κ2) is 6.08. The first-order chi connectivity index (χ1) is 12.0. The van der Waals surface area contributed by atoms with Crippen molar-refractivity contribution in [2.45, 2.75) is 30.3 Å². The van der Waals surface area contributed by atoms with Crippen LogP contribution in [0.5, 0.6) is 0 Å². The lowest BCUT2D eigenvalue weighted by Gasteiger charge is -2.14. The first-order valence-corrected chi connectivity index (χ1v) is 8.81. The van der Waals surface area contributed by atoms with Gasteiger partial charge < -0.3 is 4.98 Å². The highest BCUT2D eigenvalue weighted by Gasteiger charge is 2.36. The molecule has 0 radical (unpaired) electrons. The van der Waals surface area contributed by atoms with Crippen LogP contribution in [0.25, 0.3) is 0 Å². The van der Waals surface area contributed by atoms with E-state index in [0.29, 0.717) is 6.42 Å². The van der Waals surface area contributed by atoms with Crippen molar-refractivity contribution in [3.05, 3.63) is 46.8 Å². The van der Waals surface area contributed by atoms with E-state index in [-0.39, 0.29) is 46.9 Å². The Labute approximate surface area is 144 Å². The summed E-state index contributed by atoms with van der Waals surface area (Å²) in [6.45, 7) is 0. The normalized spacial score (nSPS) is 15.0. The molecule has 26 heavy (non-hydrogen) atoms. The number of hydrogen-bond donors (Lipinski definition) is 2. The van der Waals surface area contributed by atoms with Gasteiger partial charge in [-0.05, 0) is 18.9 Å². The molecule has 1 aromatic heterocycles. The second-order valence-corrected chi connectivity index (χ2v) is 7.35. The number of sulfonamides is 1. The molecule has 1 aliphatic rings. The predicted molar refractivity (Wildman–Crippen MR) is 80.2 cm³/mol. The van der Waals surface area contributed by atoms with Gasteiger partial charge in [-0.1, -0.05) is 0 Å². The van der Waals surface area contributed by atoms with Crippen molar-refractivity contribution >= 4 is 21.5 Å². The van der Waals surface area contributed by atoms with E-state index in [9.17, 15) is 35.2 Å². The van der Waals surface area contributed by atoms with Gasteiger partial charge in [-0.3, -0.25) is 9.52 Å². The summed E-state index contributed by atoms with van der Waals surface area (Å²) in [5.74, 6) is -3.68. The van der Waals surface area contributed by atoms with Gasteiger partial charge in [0.25, 0.3) is 10.0 Å². The molecular formula is C15H11F5N2O3S. The monoisotopic (exact) mass is 394 g/mol. The Hall–Kier alpha value is -2.43. The molecule has 0 unspecified atom stereocenters. The van der Waals surface area contributed by atoms with Crippen molar-refractivity contribution in [3.63, 3.8) is 0 Å². The largest absolute Gasteiger partial charge is 0.419 e. The van der Waals surface area contributed by atoms with Crippen molar-refractivity contribution in [1.82, 2.24) is 4.98 Å². The van der Waals surface area contributed by atoms with Crippen LogP contribution in [-0.2, 0) is 22.6 Å². The zero-order valence-corrected chi connectivity index (χ0v) is 13.7. The average Bonchev–Trinajstić information content (AvgIpc) is 2.95. The quantitative estimate of drug-likeness (QED) is 0.781. The molecule has 3 rings (SSSR count). The maximum atomic E-state index is 13.9. The van der Waals surface area contributed by atoms with Gasteiger partial charge in [-0.15, -0.1) is 0 Å². The number of fused-ring (bicyclic) bond motifs is 1. The molecule has 0 fully saturated rings. The number of ketones is 1. The highest BCUT2D eigenvalue weighted by Crippen LogP contribution is 2.35. The summed E-state index contributed by atoms with van der Waals surface area (Å²) in [6.07, 6.45) is -3.13. The highest BCUT2D eigenvalue weighted by atomic mass is 32.2. The minimum atomic E-state index is -5.12. The van der Waals surface area contributed by atoms with E-state index in [2.05, 4.69) is 4.98 Å². The molecule has 0 atom stereocenters. The first-order valence-electron chi connectivity index (χ1n) is 7.33. The molecule has 2 aromatic rings. The molecular weight excluding hydrogens is 383 g/mol. The molecule has 5 nitrogen and oxygen atoms in total. The Morgan fingerprint density at radius 3 is 2.42 bits per heavy atom. The molecule has 140 valence electrons. The van der Waals surface area contributed by atoms with Gasteiger partial charge in [0.15, 0.2) is 5.78 Å². The molecule has 0 aliphatic heterocycles. The smallest absolute Gasteiger partial charge is 0.357 e. The third kappa shape index (κ3) is 3.18. The van der Waals surface area contributed by atoms with E-state index in [1.54, 1.807) is 4.72 Å². The van der Waals surface area contributed by atoms with Crippen LogP contribution in [0.2, 0.25) is 0 Å². The highest BCUT2D eigenvalue weighted by molar-refractivity contribution is 7.92. The van der Waals surface area contributed by atoms with E-state index < -0.39 is 39.1 Å². The number of carbonyl (C=O) groups is 1. The molecule has 2 N–H and O–H groups in total. The molecule has 0 amide bonds. The number of nitrogens with one attached hydrogen (secondary N) is 2. The molecule has 1 aromatic carbocycles. The molecule has 0 bridgehead atoms. The third-order valence-corrected chi connectivity index (χ3v) is 5.38. The number of rotatable bonds is 3. The van der Waals surface area contributed by atoms with E-state index in [1.165, 1.54) is 0 Å². The van der Waals surface area contributed by atoms with Crippen molar-refractivity contribution in [1.29, 1.82) is 0 Å². The topological polar surface area (TPSA) is 79.0 Å². The fourth-order valence-electron chi connectivity index (χ4n) is 2.76. The number of hydrogen-bond acceptors (Lipinski definition) is 3. The number of H-pyrrole nitrogens is 1. The summed E-state index contributed by atoms with van der Waals surface area (Å²) < 4.78 is 91.8. The molecule has 1 aliphatic carbocycles. The minimum Gasteiger partial charge on any atom is -0.357 e. The number of Topliss-reactive ketones (excluding diaryl/α,β-unsaturated/α-hetero) is 1. The lowest BCUT2D eigenvalue weighted by atomic mass is 9.97. The van der Waals surface area contributed by atoms with Crippen molar-refractivity contribution < 1.29 is 35.2 Å². The van der Waals surface area contributed by atoms with Crippen LogP contribution in [-0.4, -0.2) is 19.2 Å². The number of alkyl halides is 3. The van der Waals surface area contributed by atoms with E-state index in [1.807, 2.05) is 0 Å². The maximum Gasteiger partial charge on any atom is 0.419 e. The summed E-state index contributed by atoms with van der Waals surface area (Å²) in [7, 11) is -4.44. The fraction of sp³-hybridized carbons (Fsp3) is 0.267. The SMILES string of the molecule is O=C1CCCc2c(S(=O)(=O)Nc3cc(F)c(C(F)(F)F)cc3F)c[nH]c21. The van der Waals surface area contributed by atoms with Gasteiger partial charge >= 0.3 is 6.18 Å². The van der Waals surface area contributed by atoms with Gasteiger partial charge in [-0.2, -0.15) is 13.2 Å². The summed E-state index contributed by atoms with van der Waals surface area (Å²) in [4.78, 5) is 14.0. The van der Waals surface area contributed by atoms with Gasteiger partial charge in [0.2, 0.25) is 0 Å². The average molecular weight is 394 g/mol. The molecule has 1 heterocycles. The maximum absolute atomic E-state index is 13.9. The molecule has 0 saturated carbocycles. The standard InChI is InChI=1S/C15H11F5N2O3S/c16-9-5-11(10(17)4-8(9)15(18,19)20)22-26(24,25)13-6-21-14-7(13)2-1-3-12(14)23/h4-6,21-22H,1-3H2. The van der Waals surface area contributed by atoms with Crippen LogP contribution in [0.1, 0.15) is 34.5 Å². The van der Waals surface area contributed by atoms with Gasteiger partial charge in [-0.25, -0.2) is 17.2 Å². The second-order valence-electron chi connectivity index (χ2n) is 5.70. The summed E-state index contributed by atoms with van der Waals surface area (Å²) >= 11 is 0.